The van der Waals surface area contributed by atoms with Gasteiger partial charge in [0.25, 0.3) is 0 Å². The number of ether oxygens (including phenoxy) is 1. The molecule has 0 aromatic heterocycles. The Morgan fingerprint density at radius 2 is 1.80 bits per heavy atom. The highest BCUT2D eigenvalue weighted by Gasteiger charge is 2.18. The van der Waals surface area contributed by atoms with E-state index in [0.29, 0.717) is 6.10 Å². The maximum Gasteiger partial charge on any atom is 0.0825 e. The van der Waals surface area contributed by atoms with Crippen LogP contribution >= 0.6 is 0 Å². The molecular formula is C14H20O. The van der Waals surface area contributed by atoms with Crippen molar-refractivity contribution < 1.29 is 4.74 Å². The van der Waals surface area contributed by atoms with E-state index in [1.807, 2.05) is 0 Å². The summed E-state index contributed by atoms with van der Waals surface area (Å²) in [5, 5.41) is 0. The van der Waals surface area contributed by atoms with Crippen LogP contribution in [0, 0.1) is 0 Å². The van der Waals surface area contributed by atoms with Crippen LogP contribution in [0.1, 0.15) is 50.8 Å². The fourth-order valence-corrected chi connectivity index (χ4v) is 2.04. The Hall–Kier alpha value is -0.820. The van der Waals surface area contributed by atoms with Crippen LogP contribution in [0.3, 0.4) is 0 Å². The summed E-state index contributed by atoms with van der Waals surface area (Å²) in [5.74, 6) is 0. The normalized spacial score (nSPS) is 21.9. The number of hydrogen-bond acceptors (Lipinski definition) is 1. The first-order valence-corrected chi connectivity index (χ1v) is 5.79. The molecule has 82 valence electrons. The van der Waals surface area contributed by atoms with Gasteiger partial charge in [0.15, 0.2) is 0 Å². The lowest BCUT2D eigenvalue weighted by atomic mass is 9.86. The van der Waals surface area contributed by atoms with Crippen molar-refractivity contribution in [2.45, 2.75) is 45.1 Å². The topological polar surface area (TPSA) is 9.23 Å². The molecule has 1 aromatic rings. The summed E-state index contributed by atoms with van der Waals surface area (Å²) >= 11 is 0. The summed E-state index contributed by atoms with van der Waals surface area (Å²) in [6, 6.07) is 8.90. The average molecular weight is 204 g/mol. The minimum Gasteiger partial charge on any atom is -0.374 e. The molecule has 1 aliphatic rings. The second-order valence-corrected chi connectivity index (χ2v) is 5.37. The molecule has 1 fully saturated rings. The molecule has 0 amide bonds. The summed E-state index contributed by atoms with van der Waals surface area (Å²) in [6.07, 6.45) is 2.72. The van der Waals surface area contributed by atoms with E-state index >= 15 is 0 Å². The van der Waals surface area contributed by atoms with E-state index in [-0.39, 0.29) is 5.41 Å². The van der Waals surface area contributed by atoms with E-state index in [9.17, 15) is 0 Å². The van der Waals surface area contributed by atoms with E-state index in [0.717, 1.165) is 6.61 Å². The van der Waals surface area contributed by atoms with Crippen molar-refractivity contribution in [2.75, 3.05) is 6.61 Å². The van der Waals surface area contributed by atoms with Crippen molar-refractivity contribution >= 4 is 0 Å². The molecule has 1 aromatic carbocycles. The average Bonchev–Trinajstić information content (AvgIpc) is 2.69. The molecule has 2 rings (SSSR count). The molecule has 0 aliphatic carbocycles. The van der Waals surface area contributed by atoms with Gasteiger partial charge in [-0.2, -0.15) is 0 Å². The first-order valence-electron chi connectivity index (χ1n) is 5.79. The molecule has 1 nitrogen and oxygen atoms in total. The van der Waals surface area contributed by atoms with Crippen LogP contribution in [0.4, 0.5) is 0 Å². The van der Waals surface area contributed by atoms with Crippen LogP contribution in [0.15, 0.2) is 24.3 Å². The Morgan fingerprint density at radius 3 is 2.27 bits per heavy atom. The smallest absolute Gasteiger partial charge is 0.0825 e. The van der Waals surface area contributed by atoms with Gasteiger partial charge in [0.2, 0.25) is 0 Å². The van der Waals surface area contributed by atoms with Crippen LogP contribution in [0.5, 0.6) is 0 Å². The van der Waals surface area contributed by atoms with Gasteiger partial charge >= 0.3 is 0 Å². The minimum atomic E-state index is 0.245. The highest BCUT2D eigenvalue weighted by molar-refractivity contribution is 5.28. The number of benzene rings is 1. The van der Waals surface area contributed by atoms with Gasteiger partial charge in [0.05, 0.1) is 6.10 Å². The van der Waals surface area contributed by atoms with E-state index in [4.69, 9.17) is 4.74 Å². The van der Waals surface area contributed by atoms with Crippen LogP contribution in [0.2, 0.25) is 0 Å². The SMILES string of the molecule is CC(C)(C)c1ccc(C2CCCO2)cc1. The van der Waals surface area contributed by atoms with Gasteiger partial charge in [-0.1, -0.05) is 45.0 Å². The first-order chi connectivity index (χ1) is 7.07. The summed E-state index contributed by atoms with van der Waals surface area (Å²) in [7, 11) is 0. The van der Waals surface area contributed by atoms with E-state index < -0.39 is 0 Å². The Kier molecular flexibility index (Phi) is 2.83. The number of rotatable bonds is 1. The molecule has 1 aliphatic heterocycles. The lowest BCUT2D eigenvalue weighted by molar-refractivity contribution is 0.112. The highest BCUT2D eigenvalue weighted by Crippen LogP contribution is 2.30. The predicted molar refractivity (Wildman–Crippen MR) is 63.1 cm³/mol. The van der Waals surface area contributed by atoms with Crippen LogP contribution in [-0.4, -0.2) is 6.61 Å². The quantitative estimate of drug-likeness (QED) is 0.675. The maximum absolute atomic E-state index is 5.66. The van der Waals surface area contributed by atoms with Crippen molar-refractivity contribution in [3.63, 3.8) is 0 Å². The van der Waals surface area contributed by atoms with E-state index in [2.05, 4.69) is 45.0 Å². The fourth-order valence-electron chi connectivity index (χ4n) is 2.04. The first kappa shape index (κ1) is 10.7. The summed E-state index contributed by atoms with van der Waals surface area (Å²) in [4.78, 5) is 0. The lowest BCUT2D eigenvalue weighted by Gasteiger charge is -2.20. The third kappa shape index (κ3) is 2.40. The molecule has 0 bridgehead atoms. The monoisotopic (exact) mass is 204 g/mol. The standard InChI is InChI=1S/C14H20O/c1-14(2,3)12-8-6-11(7-9-12)13-5-4-10-15-13/h6-9,13H,4-5,10H2,1-3H3. The fraction of sp³-hybridized carbons (Fsp3) is 0.571. The second kappa shape index (κ2) is 3.97. The van der Waals surface area contributed by atoms with Crippen molar-refractivity contribution in [3.05, 3.63) is 35.4 Å². The minimum absolute atomic E-state index is 0.245. The molecule has 0 N–H and O–H groups in total. The van der Waals surface area contributed by atoms with Gasteiger partial charge in [-0.05, 0) is 29.4 Å². The van der Waals surface area contributed by atoms with Crippen LogP contribution in [-0.2, 0) is 10.2 Å². The molecule has 1 saturated heterocycles. The zero-order valence-corrected chi connectivity index (χ0v) is 9.92. The highest BCUT2D eigenvalue weighted by atomic mass is 16.5. The van der Waals surface area contributed by atoms with Crippen molar-refractivity contribution in [1.29, 1.82) is 0 Å². The molecule has 0 radical (unpaired) electrons. The lowest BCUT2D eigenvalue weighted by Crippen LogP contribution is -2.11. The van der Waals surface area contributed by atoms with Crippen molar-refractivity contribution in [2.24, 2.45) is 0 Å². The molecule has 1 unspecified atom stereocenters. The summed E-state index contributed by atoms with van der Waals surface area (Å²) in [5.41, 5.74) is 2.97. The zero-order chi connectivity index (χ0) is 10.9. The molecular weight excluding hydrogens is 184 g/mol. The van der Waals surface area contributed by atoms with Crippen LogP contribution in [0.25, 0.3) is 0 Å². The second-order valence-electron chi connectivity index (χ2n) is 5.37. The van der Waals surface area contributed by atoms with Gasteiger partial charge in [0.1, 0.15) is 0 Å². The zero-order valence-electron chi connectivity index (χ0n) is 9.92. The molecule has 0 spiro atoms. The van der Waals surface area contributed by atoms with Crippen LogP contribution < -0.4 is 0 Å². The molecule has 0 saturated carbocycles. The van der Waals surface area contributed by atoms with E-state index in [1.165, 1.54) is 24.0 Å². The van der Waals surface area contributed by atoms with Gasteiger partial charge < -0.3 is 4.74 Å². The Labute approximate surface area is 92.5 Å². The van der Waals surface area contributed by atoms with Gasteiger partial charge in [-0.25, -0.2) is 0 Å². The third-order valence-corrected chi connectivity index (χ3v) is 3.08. The Morgan fingerprint density at radius 1 is 1.13 bits per heavy atom. The largest absolute Gasteiger partial charge is 0.374 e. The summed E-state index contributed by atoms with van der Waals surface area (Å²) in [6.45, 7) is 7.65. The summed E-state index contributed by atoms with van der Waals surface area (Å²) < 4.78 is 5.66. The van der Waals surface area contributed by atoms with Gasteiger partial charge in [-0.3, -0.25) is 0 Å². The third-order valence-electron chi connectivity index (χ3n) is 3.08. The molecule has 1 heterocycles. The van der Waals surface area contributed by atoms with Gasteiger partial charge in [-0.15, -0.1) is 0 Å². The Bertz CT molecular complexity index is 312. The van der Waals surface area contributed by atoms with Crippen molar-refractivity contribution in [1.82, 2.24) is 0 Å². The maximum atomic E-state index is 5.66. The molecule has 15 heavy (non-hydrogen) atoms. The predicted octanol–water partition coefficient (Wildman–Crippen LogP) is 3.84. The van der Waals surface area contributed by atoms with Gasteiger partial charge in [0, 0.05) is 6.61 Å². The molecule has 1 atom stereocenters. The van der Waals surface area contributed by atoms with E-state index in [1.54, 1.807) is 0 Å². The van der Waals surface area contributed by atoms with Crippen molar-refractivity contribution in [3.8, 4) is 0 Å². The Balaban J connectivity index is 2.16. The molecule has 1 heteroatoms. The number of hydrogen-bond donors (Lipinski definition) is 0.